The van der Waals surface area contributed by atoms with Gasteiger partial charge in [-0.2, -0.15) is 18.2 Å². The van der Waals surface area contributed by atoms with Gasteiger partial charge in [0.2, 0.25) is 5.82 Å². The minimum Gasteiger partial charge on any atom is -0.492 e. The van der Waals surface area contributed by atoms with E-state index < -0.39 is 18.2 Å². The highest BCUT2D eigenvalue weighted by atomic mass is 19.4. The Kier molecular flexibility index (Phi) is 6.80. The average molecular weight is 463 g/mol. The maximum atomic E-state index is 12.6. The third kappa shape index (κ3) is 6.02. The molecule has 2 N–H and O–H groups in total. The van der Waals surface area contributed by atoms with Crippen LogP contribution in [0.3, 0.4) is 0 Å². The standard InChI is InChI=1S/C22H20F3N3O5/c23-22(24,25)21-27-20(28-33-21)19-11-14-10-17(6-7-18(14)32-19)30-9-8-26-12-15(29)13-31-16-4-2-1-3-5-16/h1-7,10-11,15,26,29H,8-9,12-13H2. The fraction of sp³-hybridized carbons (Fsp3) is 0.273. The molecule has 0 amide bonds. The van der Waals surface area contributed by atoms with Crippen LogP contribution in [-0.4, -0.2) is 47.7 Å². The number of alkyl halides is 3. The van der Waals surface area contributed by atoms with E-state index in [0.717, 1.165) is 0 Å². The number of aliphatic hydroxyl groups is 1. The molecule has 174 valence electrons. The number of hydrogen-bond donors (Lipinski definition) is 2. The quantitative estimate of drug-likeness (QED) is 0.341. The van der Waals surface area contributed by atoms with Crippen molar-refractivity contribution in [1.29, 1.82) is 0 Å². The van der Waals surface area contributed by atoms with E-state index in [4.69, 9.17) is 13.9 Å². The zero-order chi connectivity index (χ0) is 23.3. The molecule has 0 saturated heterocycles. The molecule has 33 heavy (non-hydrogen) atoms. The van der Waals surface area contributed by atoms with Crippen LogP contribution >= 0.6 is 0 Å². The average Bonchev–Trinajstić information content (AvgIpc) is 3.45. The minimum atomic E-state index is -4.72. The summed E-state index contributed by atoms with van der Waals surface area (Å²) in [6.45, 7) is 1.33. The Labute approximate surface area is 185 Å². The number of ether oxygens (including phenoxy) is 2. The van der Waals surface area contributed by atoms with Crippen molar-refractivity contribution in [1.82, 2.24) is 15.5 Å². The maximum Gasteiger partial charge on any atom is 0.471 e. The lowest BCUT2D eigenvalue weighted by Gasteiger charge is -2.13. The second-order valence-corrected chi connectivity index (χ2v) is 7.06. The van der Waals surface area contributed by atoms with Crippen molar-refractivity contribution in [3.8, 4) is 23.1 Å². The summed E-state index contributed by atoms with van der Waals surface area (Å²) in [5.41, 5.74) is 0.440. The summed E-state index contributed by atoms with van der Waals surface area (Å²) in [4.78, 5) is 3.32. The SMILES string of the molecule is OC(CNCCOc1ccc2oc(-c3noc(C(F)(F)F)n3)cc2c1)COc1ccccc1. The molecule has 0 aliphatic rings. The summed E-state index contributed by atoms with van der Waals surface area (Å²) < 4.78 is 58.8. The Hall–Kier alpha value is -3.57. The molecule has 2 aromatic carbocycles. The first-order valence-corrected chi connectivity index (χ1v) is 10.0. The zero-order valence-corrected chi connectivity index (χ0v) is 17.2. The van der Waals surface area contributed by atoms with Crippen molar-refractivity contribution in [2.75, 3.05) is 26.3 Å². The van der Waals surface area contributed by atoms with Crippen LogP contribution < -0.4 is 14.8 Å². The third-order valence-corrected chi connectivity index (χ3v) is 4.49. The largest absolute Gasteiger partial charge is 0.492 e. The number of aromatic nitrogens is 2. The van der Waals surface area contributed by atoms with Gasteiger partial charge in [-0.25, -0.2) is 0 Å². The first kappa shape index (κ1) is 22.6. The molecular weight excluding hydrogens is 443 g/mol. The molecule has 11 heteroatoms. The van der Waals surface area contributed by atoms with Gasteiger partial charge < -0.3 is 28.8 Å². The fourth-order valence-electron chi connectivity index (χ4n) is 2.94. The van der Waals surface area contributed by atoms with Crippen molar-refractivity contribution in [2.45, 2.75) is 12.3 Å². The van der Waals surface area contributed by atoms with Gasteiger partial charge in [0.25, 0.3) is 0 Å². The molecule has 0 saturated carbocycles. The second kappa shape index (κ2) is 9.92. The van der Waals surface area contributed by atoms with Crippen LogP contribution in [-0.2, 0) is 6.18 Å². The van der Waals surface area contributed by atoms with E-state index in [2.05, 4.69) is 20.0 Å². The molecule has 1 unspecified atom stereocenters. The molecular formula is C22H20F3N3O5. The predicted molar refractivity (Wildman–Crippen MR) is 111 cm³/mol. The van der Waals surface area contributed by atoms with Crippen molar-refractivity contribution in [3.05, 3.63) is 60.5 Å². The number of nitrogens with one attached hydrogen (secondary N) is 1. The molecule has 4 aromatic rings. The fourth-order valence-corrected chi connectivity index (χ4v) is 2.94. The summed E-state index contributed by atoms with van der Waals surface area (Å²) in [6, 6.07) is 15.7. The number of para-hydroxylation sites is 1. The third-order valence-electron chi connectivity index (χ3n) is 4.49. The number of hydrogen-bond acceptors (Lipinski definition) is 8. The van der Waals surface area contributed by atoms with Crippen molar-refractivity contribution in [3.63, 3.8) is 0 Å². The highest BCUT2D eigenvalue weighted by Crippen LogP contribution is 2.32. The van der Waals surface area contributed by atoms with Crippen LogP contribution in [0.1, 0.15) is 5.89 Å². The Morgan fingerprint density at radius 2 is 1.85 bits per heavy atom. The van der Waals surface area contributed by atoms with Gasteiger partial charge >= 0.3 is 12.1 Å². The van der Waals surface area contributed by atoms with E-state index in [0.29, 0.717) is 42.2 Å². The lowest BCUT2D eigenvalue weighted by Crippen LogP contribution is -2.33. The Bertz CT molecular complexity index is 1180. The monoisotopic (exact) mass is 463 g/mol. The lowest BCUT2D eigenvalue weighted by atomic mass is 10.2. The predicted octanol–water partition coefficient (Wildman–Crippen LogP) is 3.91. The summed E-state index contributed by atoms with van der Waals surface area (Å²) >= 11 is 0. The van der Waals surface area contributed by atoms with E-state index >= 15 is 0 Å². The number of nitrogens with zero attached hydrogens (tertiary/aromatic N) is 2. The van der Waals surface area contributed by atoms with Crippen LogP contribution in [0.4, 0.5) is 13.2 Å². The van der Waals surface area contributed by atoms with Gasteiger partial charge in [-0.15, -0.1) is 0 Å². The molecule has 2 heterocycles. The smallest absolute Gasteiger partial charge is 0.471 e. The number of halogens is 3. The first-order chi connectivity index (χ1) is 15.9. The summed E-state index contributed by atoms with van der Waals surface area (Å²) in [6.07, 6.45) is -5.40. The number of furan rings is 1. The van der Waals surface area contributed by atoms with Crippen molar-refractivity contribution >= 4 is 11.0 Å². The van der Waals surface area contributed by atoms with Crippen molar-refractivity contribution < 1.29 is 36.7 Å². The zero-order valence-electron chi connectivity index (χ0n) is 17.2. The Morgan fingerprint density at radius 3 is 2.61 bits per heavy atom. The Morgan fingerprint density at radius 1 is 1.03 bits per heavy atom. The van der Waals surface area contributed by atoms with Crippen LogP contribution in [0.25, 0.3) is 22.6 Å². The molecule has 4 rings (SSSR count). The number of benzene rings is 2. The topological polar surface area (TPSA) is 103 Å². The first-order valence-electron chi connectivity index (χ1n) is 10.0. The van der Waals surface area contributed by atoms with Gasteiger partial charge in [0, 0.05) is 18.5 Å². The molecule has 0 aliphatic heterocycles. The Balaban J connectivity index is 1.23. The summed E-state index contributed by atoms with van der Waals surface area (Å²) in [5, 5.41) is 17.0. The molecule has 0 radical (unpaired) electrons. The molecule has 0 fully saturated rings. The highest BCUT2D eigenvalue weighted by molar-refractivity contribution is 5.83. The number of aliphatic hydroxyl groups excluding tert-OH is 1. The van der Waals surface area contributed by atoms with Crippen LogP contribution in [0.15, 0.2) is 63.5 Å². The normalized spacial score (nSPS) is 12.7. The summed E-state index contributed by atoms with van der Waals surface area (Å²) in [7, 11) is 0. The maximum absolute atomic E-state index is 12.6. The molecule has 0 bridgehead atoms. The van der Waals surface area contributed by atoms with Crippen LogP contribution in [0, 0.1) is 0 Å². The number of fused-ring (bicyclic) bond motifs is 1. The van der Waals surface area contributed by atoms with E-state index in [9.17, 15) is 18.3 Å². The molecule has 1 atom stereocenters. The van der Waals surface area contributed by atoms with Crippen molar-refractivity contribution in [2.24, 2.45) is 0 Å². The molecule has 0 spiro atoms. The lowest BCUT2D eigenvalue weighted by molar-refractivity contribution is -0.159. The minimum absolute atomic E-state index is 0.0507. The molecule has 0 aliphatic carbocycles. The van der Waals surface area contributed by atoms with Crippen LogP contribution in [0.5, 0.6) is 11.5 Å². The van der Waals surface area contributed by atoms with Gasteiger partial charge in [-0.1, -0.05) is 23.4 Å². The van der Waals surface area contributed by atoms with E-state index in [-0.39, 0.29) is 18.2 Å². The van der Waals surface area contributed by atoms with Gasteiger partial charge in [-0.05, 0) is 36.4 Å². The number of rotatable bonds is 10. The second-order valence-electron chi connectivity index (χ2n) is 7.06. The van der Waals surface area contributed by atoms with Gasteiger partial charge in [0.05, 0.1) is 0 Å². The van der Waals surface area contributed by atoms with Gasteiger partial charge in [0.15, 0.2) is 5.76 Å². The highest BCUT2D eigenvalue weighted by Gasteiger charge is 2.38. The van der Waals surface area contributed by atoms with E-state index in [1.807, 2.05) is 30.3 Å². The van der Waals surface area contributed by atoms with E-state index in [1.165, 1.54) is 6.07 Å². The molecule has 8 nitrogen and oxygen atoms in total. The van der Waals surface area contributed by atoms with Crippen LogP contribution in [0.2, 0.25) is 0 Å². The van der Waals surface area contributed by atoms with Gasteiger partial charge in [-0.3, -0.25) is 0 Å². The van der Waals surface area contributed by atoms with E-state index in [1.54, 1.807) is 18.2 Å². The summed E-state index contributed by atoms with van der Waals surface area (Å²) in [5.74, 6) is -0.437. The molecule has 2 aromatic heterocycles. The van der Waals surface area contributed by atoms with Gasteiger partial charge in [0.1, 0.15) is 36.4 Å².